The van der Waals surface area contributed by atoms with Gasteiger partial charge in [-0.3, -0.25) is 0 Å². The second-order valence-electron chi connectivity index (χ2n) is 5.14. The third-order valence-corrected chi connectivity index (χ3v) is 4.62. The van der Waals surface area contributed by atoms with E-state index in [0.717, 1.165) is 5.56 Å². The summed E-state index contributed by atoms with van der Waals surface area (Å²) in [5.41, 5.74) is 8.68. The first-order chi connectivity index (χ1) is 7.30. The fourth-order valence-corrected chi connectivity index (χ4v) is 3.78. The van der Waals surface area contributed by atoms with Crippen molar-refractivity contribution in [2.24, 2.45) is 0 Å². The Morgan fingerprint density at radius 2 is 1.75 bits per heavy atom. The Morgan fingerprint density at radius 1 is 1.25 bits per heavy atom. The van der Waals surface area contributed by atoms with Crippen LogP contribution in [-0.2, 0) is 5.60 Å². The molecule has 3 nitrogen and oxygen atoms in total. The van der Waals surface area contributed by atoms with Crippen LogP contribution in [0.15, 0.2) is 30.3 Å². The van der Waals surface area contributed by atoms with E-state index >= 15 is 0 Å². The summed E-state index contributed by atoms with van der Waals surface area (Å²) < 4.78 is 0. The average molecular weight is 234 g/mol. The van der Waals surface area contributed by atoms with Crippen LogP contribution >= 0.6 is 0 Å². The van der Waals surface area contributed by atoms with Crippen molar-refractivity contribution in [1.29, 1.82) is 0 Å². The summed E-state index contributed by atoms with van der Waals surface area (Å²) in [7, 11) is -1.85. The molecule has 0 radical (unpaired) electrons. The van der Waals surface area contributed by atoms with Gasteiger partial charge in [0.25, 0.3) is 5.33 Å². The summed E-state index contributed by atoms with van der Waals surface area (Å²) in [6.07, 6.45) is 0. The molecule has 0 bridgehead atoms. The van der Waals surface area contributed by atoms with E-state index in [1.54, 1.807) is 6.92 Å². The molecule has 16 heavy (non-hydrogen) atoms. The zero-order chi connectivity index (χ0) is 12.4. The van der Waals surface area contributed by atoms with Gasteiger partial charge in [-0.2, -0.15) is 4.79 Å². The molecule has 0 spiro atoms. The van der Waals surface area contributed by atoms with Crippen molar-refractivity contribution in [3.63, 3.8) is 0 Å². The number of hydrogen-bond donors (Lipinski definition) is 1. The molecule has 0 fully saturated rings. The van der Waals surface area contributed by atoms with E-state index in [0.29, 0.717) is 5.33 Å². The van der Waals surface area contributed by atoms with Crippen molar-refractivity contribution in [3.8, 4) is 0 Å². The zero-order valence-corrected chi connectivity index (χ0v) is 11.2. The molecule has 0 saturated carbocycles. The molecular weight excluding hydrogens is 216 g/mol. The minimum atomic E-state index is -1.85. The second kappa shape index (κ2) is 4.34. The lowest BCUT2D eigenvalue weighted by molar-refractivity contribution is -0.0321. The van der Waals surface area contributed by atoms with Crippen LogP contribution in [0.25, 0.3) is 5.53 Å². The first-order valence-electron chi connectivity index (χ1n) is 5.31. The first kappa shape index (κ1) is 12.8. The van der Waals surface area contributed by atoms with Crippen LogP contribution in [0.5, 0.6) is 0 Å². The van der Waals surface area contributed by atoms with E-state index in [1.807, 2.05) is 50.0 Å². The molecule has 0 amide bonds. The topological polar surface area (TPSA) is 56.6 Å². The van der Waals surface area contributed by atoms with Crippen LogP contribution < -0.4 is 0 Å². The molecule has 86 valence electrons. The summed E-state index contributed by atoms with van der Waals surface area (Å²) in [6.45, 7) is 7.80. The standard InChI is InChI=1S/C12H18N2OSi/c1-12(15,10-8-6-5-7-9-10)11(14-13)16(2,3)4/h5-9,15H,1-4H3. The molecule has 0 aliphatic rings. The highest BCUT2D eigenvalue weighted by Gasteiger charge is 2.45. The predicted molar refractivity (Wildman–Crippen MR) is 68.0 cm³/mol. The van der Waals surface area contributed by atoms with Gasteiger partial charge in [0.1, 0.15) is 0 Å². The van der Waals surface area contributed by atoms with Gasteiger partial charge in [-0.1, -0.05) is 50.0 Å². The SMILES string of the molecule is CC(O)(C(=[N+]=[N-])[Si](C)(C)C)c1ccccc1. The normalized spacial score (nSPS) is 15.1. The largest absolute Gasteiger partial charge is 0.374 e. The molecule has 0 saturated heterocycles. The fourth-order valence-electron chi connectivity index (χ4n) is 1.88. The van der Waals surface area contributed by atoms with E-state index in [2.05, 4.69) is 4.79 Å². The van der Waals surface area contributed by atoms with Crippen molar-refractivity contribution >= 4 is 13.4 Å². The minimum absolute atomic E-state index is 0.492. The molecule has 0 aliphatic carbocycles. The lowest BCUT2D eigenvalue weighted by Gasteiger charge is -2.25. The monoisotopic (exact) mass is 234 g/mol. The lowest BCUT2D eigenvalue weighted by Crippen LogP contribution is -2.48. The minimum Gasteiger partial charge on any atom is -0.374 e. The molecule has 4 heteroatoms. The van der Waals surface area contributed by atoms with Gasteiger partial charge in [0.2, 0.25) is 0 Å². The van der Waals surface area contributed by atoms with Crippen LogP contribution in [0, 0.1) is 0 Å². The van der Waals surface area contributed by atoms with Gasteiger partial charge in [-0.25, -0.2) is 0 Å². The van der Waals surface area contributed by atoms with Gasteiger partial charge < -0.3 is 10.6 Å². The Kier molecular flexibility index (Phi) is 3.48. The van der Waals surface area contributed by atoms with Gasteiger partial charge in [0.15, 0.2) is 13.7 Å². The third-order valence-electron chi connectivity index (χ3n) is 2.61. The average Bonchev–Trinajstić information content (AvgIpc) is 2.17. The molecule has 0 aromatic heterocycles. The van der Waals surface area contributed by atoms with Crippen molar-refractivity contribution in [2.45, 2.75) is 32.2 Å². The lowest BCUT2D eigenvalue weighted by atomic mass is 9.97. The molecular formula is C12H18N2OSi. The maximum Gasteiger partial charge on any atom is 0.271 e. The molecule has 0 heterocycles. The van der Waals surface area contributed by atoms with Gasteiger partial charge in [-0.05, 0) is 12.5 Å². The summed E-state index contributed by atoms with van der Waals surface area (Å²) in [4.78, 5) is 3.34. The number of rotatable bonds is 3. The summed E-state index contributed by atoms with van der Waals surface area (Å²) in [5.74, 6) is 0. The van der Waals surface area contributed by atoms with E-state index in [9.17, 15) is 5.11 Å². The van der Waals surface area contributed by atoms with E-state index in [4.69, 9.17) is 5.53 Å². The smallest absolute Gasteiger partial charge is 0.271 e. The van der Waals surface area contributed by atoms with Crippen molar-refractivity contribution in [2.75, 3.05) is 0 Å². The van der Waals surface area contributed by atoms with Crippen molar-refractivity contribution < 1.29 is 9.90 Å². The summed E-state index contributed by atoms with van der Waals surface area (Å²) >= 11 is 0. The molecule has 1 unspecified atom stereocenters. The van der Waals surface area contributed by atoms with Crippen LogP contribution in [0.2, 0.25) is 19.6 Å². The highest BCUT2D eigenvalue weighted by Crippen LogP contribution is 2.25. The van der Waals surface area contributed by atoms with E-state index in [1.165, 1.54) is 0 Å². The predicted octanol–water partition coefficient (Wildman–Crippen LogP) is 2.44. The van der Waals surface area contributed by atoms with Crippen LogP contribution in [0.4, 0.5) is 0 Å². The van der Waals surface area contributed by atoms with Gasteiger partial charge in [0, 0.05) is 0 Å². The Bertz CT molecular complexity index is 414. The molecule has 1 rings (SSSR count). The Morgan fingerprint density at radius 3 is 2.12 bits per heavy atom. The quantitative estimate of drug-likeness (QED) is 0.371. The fraction of sp³-hybridized carbons (Fsp3) is 0.417. The Balaban J connectivity index is 3.27. The third kappa shape index (κ3) is 2.47. The van der Waals surface area contributed by atoms with Gasteiger partial charge in [-0.15, -0.1) is 0 Å². The number of aliphatic hydroxyl groups is 1. The Labute approximate surface area is 97.4 Å². The Hall–Kier alpha value is -1.22. The molecule has 1 N–H and O–H groups in total. The van der Waals surface area contributed by atoms with Gasteiger partial charge in [0.05, 0.1) is 0 Å². The number of hydrogen-bond acceptors (Lipinski definition) is 1. The zero-order valence-electron chi connectivity index (χ0n) is 10.2. The van der Waals surface area contributed by atoms with Crippen LogP contribution in [-0.4, -0.2) is 23.3 Å². The number of benzene rings is 1. The van der Waals surface area contributed by atoms with Crippen molar-refractivity contribution in [1.82, 2.24) is 0 Å². The van der Waals surface area contributed by atoms with E-state index in [-0.39, 0.29) is 0 Å². The van der Waals surface area contributed by atoms with Crippen LogP contribution in [0.1, 0.15) is 12.5 Å². The van der Waals surface area contributed by atoms with Crippen LogP contribution in [0.3, 0.4) is 0 Å². The number of nitrogens with zero attached hydrogens (tertiary/aromatic N) is 2. The van der Waals surface area contributed by atoms with Gasteiger partial charge >= 0.3 is 0 Å². The van der Waals surface area contributed by atoms with Crippen molar-refractivity contribution in [3.05, 3.63) is 41.4 Å². The summed E-state index contributed by atoms with van der Waals surface area (Å²) in [6, 6.07) is 9.30. The first-order valence-corrected chi connectivity index (χ1v) is 8.81. The maximum absolute atomic E-state index is 10.5. The molecule has 0 aliphatic heterocycles. The highest BCUT2D eigenvalue weighted by molar-refractivity contribution is 7.04. The maximum atomic E-state index is 10.5. The molecule has 1 aromatic rings. The molecule has 1 aromatic carbocycles. The second-order valence-corrected chi connectivity index (χ2v) is 10.1. The summed E-state index contributed by atoms with van der Waals surface area (Å²) in [5, 5.41) is 11.0. The molecule has 1 atom stereocenters. The van der Waals surface area contributed by atoms with E-state index < -0.39 is 13.7 Å². The highest BCUT2D eigenvalue weighted by atomic mass is 28.3.